The lowest BCUT2D eigenvalue weighted by Crippen LogP contribution is -2.58. The van der Waals surface area contributed by atoms with E-state index in [0.29, 0.717) is 19.6 Å². The molecule has 4 rings (SSSR count). The van der Waals surface area contributed by atoms with Crippen LogP contribution in [-0.4, -0.2) is 92.3 Å². The third-order valence-electron chi connectivity index (χ3n) is 8.70. The van der Waals surface area contributed by atoms with E-state index in [2.05, 4.69) is 68.7 Å². The average Bonchev–Trinajstić information content (AvgIpc) is 3.04. The molecule has 1 saturated heterocycles. The Morgan fingerprint density at radius 1 is 0.936 bits per heavy atom. The van der Waals surface area contributed by atoms with Crippen molar-refractivity contribution in [3.05, 3.63) is 99.5 Å². The van der Waals surface area contributed by atoms with Crippen molar-refractivity contribution in [1.82, 2.24) is 20.0 Å². The van der Waals surface area contributed by atoms with Crippen LogP contribution in [-0.2, 0) is 9.53 Å². The number of para-hydroxylation sites is 1. The maximum Gasteiger partial charge on any atom is 0.323 e. The topological polar surface area (TPSA) is 86.1 Å². The fourth-order valence-electron chi connectivity index (χ4n) is 6.38. The summed E-state index contributed by atoms with van der Waals surface area (Å²) in [7, 11) is 4.02. The number of anilines is 1. The zero-order valence-corrected chi connectivity index (χ0v) is 30.0. The molecule has 8 nitrogen and oxygen atoms in total. The van der Waals surface area contributed by atoms with Crippen LogP contribution >= 0.6 is 23.2 Å². The molecule has 1 heterocycles. The quantitative estimate of drug-likeness (QED) is 0.118. The van der Waals surface area contributed by atoms with Crippen molar-refractivity contribution in [2.75, 3.05) is 65.3 Å². The Morgan fingerprint density at radius 2 is 1.51 bits per heavy atom. The van der Waals surface area contributed by atoms with Gasteiger partial charge in [0.15, 0.2) is 0 Å². The van der Waals surface area contributed by atoms with Crippen molar-refractivity contribution in [2.45, 2.75) is 57.4 Å². The molecular formula is C37H52Cl2N6O2. The SMILES string of the molecule is CCOC(=O)[C@H](CCN(C)C)NC(CC)c1ccccc1NC(C)(N)CN1CCN(C(c2ccc(Cl)cc2)c2ccc(Cl)cc2)CC1. The van der Waals surface area contributed by atoms with Gasteiger partial charge in [-0.05, 0) is 94.4 Å². The lowest BCUT2D eigenvalue weighted by Gasteiger charge is -2.42. The molecule has 0 aromatic heterocycles. The first-order chi connectivity index (χ1) is 22.5. The molecule has 0 amide bonds. The standard InChI is InChI=1S/C37H52Cl2N6O2/c1-6-32(41-34(20-21-43(4)5)36(46)47-7-2)31-10-8-9-11-33(31)42-37(3,40)26-44-22-24-45(25-23-44)35(27-12-16-29(38)17-13-27)28-14-18-30(39)19-15-28/h8-19,32,34-35,41-42H,6-7,20-26,40H2,1-5H3/t32?,34-,37?/m0/s1. The number of benzene rings is 3. The summed E-state index contributed by atoms with van der Waals surface area (Å²) in [6.45, 7) is 11.4. The molecule has 1 aliphatic heterocycles. The molecule has 47 heavy (non-hydrogen) atoms. The van der Waals surface area contributed by atoms with Crippen LogP contribution in [0.25, 0.3) is 0 Å². The van der Waals surface area contributed by atoms with E-state index in [1.54, 1.807) is 0 Å². The molecule has 0 spiro atoms. The van der Waals surface area contributed by atoms with Gasteiger partial charge >= 0.3 is 5.97 Å². The van der Waals surface area contributed by atoms with Crippen LogP contribution in [0.4, 0.5) is 5.69 Å². The molecule has 3 aromatic carbocycles. The molecular weight excluding hydrogens is 631 g/mol. The minimum absolute atomic E-state index is 0.0488. The van der Waals surface area contributed by atoms with E-state index in [4.69, 9.17) is 33.7 Å². The number of nitrogens with one attached hydrogen (secondary N) is 2. The van der Waals surface area contributed by atoms with E-state index in [0.717, 1.165) is 60.4 Å². The molecule has 3 aromatic rings. The van der Waals surface area contributed by atoms with Crippen LogP contribution < -0.4 is 16.4 Å². The van der Waals surface area contributed by atoms with Crippen molar-refractivity contribution >= 4 is 34.9 Å². The number of carbonyl (C=O) groups excluding carboxylic acids is 1. The van der Waals surface area contributed by atoms with E-state index in [-0.39, 0.29) is 18.1 Å². The summed E-state index contributed by atoms with van der Waals surface area (Å²) in [6.07, 6.45) is 1.47. The third kappa shape index (κ3) is 10.9. The number of rotatable bonds is 16. The first-order valence-electron chi connectivity index (χ1n) is 16.7. The fourth-order valence-corrected chi connectivity index (χ4v) is 6.63. The molecule has 2 unspecified atom stereocenters. The summed E-state index contributed by atoms with van der Waals surface area (Å²) < 4.78 is 5.42. The van der Waals surface area contributed by atoms with Gasteiger partial charge in [-0.25, -0.2) is 0 Å². The fraction of sp³-hybridized carbons (Fsp3) is 0.486. The number of nitrogens with zero attached hydrogens (tertiary/aromatic N) is 3. The second kappa shape index (κ2) is 17.6. The molecule has 3 atom stereocenters. The molecule has 0 radical (unpaired) electrons. The summed E-state index contributed by atoms with van der Waals surface area (Å²) in [6, 6.07) is 24.2. The highest BCUT2D eigenvalue weighted by Crippen LogP contribution is 2.32. The van der Waals surface area contributed by atoms with Crippen molar-refractivity contribution in [3.63, 3.8) is 0 Å². The molecule has 0 saturated carbocycles. The summed E-state index contributed by atoms with van der Waals surface area (Å²) in [5.41, 5.74) is 10.8. The molecule has 256 valence electrons. The van der Waals surface area contributed by atoms with E-state index in [1.165, 1.54) is 11.1 Å². The largest absolute Gasteiger partial charge is 0.465 e. The number of nitrogens with two attached hydrogens (primary N) is 1. The van der Waals surface area contributed by atoms with Gasteiger partial charge in [0.2, 0.25) is 0 Å². The number of ether oxygens (including phenoxy) is 1. The van der Waals surface area contributed by atoms with Crippen LogP contribution in [0.2, 0.25) is 10.0 Å². The van der Waals surface area contributed by atoms with Crippen LogP contribution in [0.3, 0.4) is 0 Å². The first kappa shape index (κ1) is 37.1. The van der Waals surface area contributed by atoms with Gasteiger partial charge in [0.1, 0.15) is 6.04 Å². The summed E-state index contributed by atoms with van der Waals surface area (Å²) >= 11 is 12.5. The Hall–Kier alpha value is -2.69. The Kier molecular flexibility index (Phi) is 13.9. The third-order valence-corrected chi connectivity index (χ3v) is 9.20. The van der Waals surface area contributed by atoms with Gasteiger partial charge in [0.05, 0.1) is 18.3 Å². The van der Waals surface area contributed by atoms with E-state index in [1.807, 2.05) is 64.3 Å². The Bertz CT molecular complexity index is 1350. The second-order valence-electron chi connectivity index (χ2n) is 13.0. The normalized spacial score (nSPS) is 17.0. The van der Waals surface area contributed by atoms with E-state index < -0.39 is 11.7 Å². The van der Waals surface area contributed by atoms with Gasteiger partial charge in [-0.2, -0.15) is 0 Å². The number of halogens is 2. The van der Waals surface area contributed by atoms with Gasteiger partial charge < -0.3 is 20.7 Å². The minimum Gasteiger partial charge on any atom is -0.465 e. The maximum atomic E-state index is 12.9. The van der Waals surface area contributed by atoms with E-state index >= 15 is 0 Å². The van der Waals surface area contributed by atoms with Gasteiger partial charge in [0.25, 0.3) is 0 Å². The number of hydrogen-bond acceptors (Lipinski definition) is 8. The molecule has 1 fully saturated rings. The molecule has 4 N–H and O–H groups in total. The number of hydrogen-bond donors (Lipinski definition) is 3. The van der Waals surface area contributed by atoms with Crippen molar-refractivity contribution in [1.29, 1.82) is 0 Å². The summed E-state index contributed by atoms with van der Waals surface area (Å²) in [4.78, 5) is 19.9. The highest BCUT2D eigenvalue weighted by atomic mass is 35.5. The smallest absolute Gasteiger partial charge is 0.323 e. The summed E-state index contributed by atoms with van der Waals surface area (Å²) in [5, 5.41) is 8.72. The van der Waals surface area contributed by atoms with Crippen LogP contribution in [0.15, 0.2) is 72.8 Å². The van der Waals surface area contributed by atoms with Crippen LogP contribution in [0.1, 0.15) is 62.4 Å². The molecule has 10 heteroatoms. The van der Waals surface area contributed by atoms with Crippen LogP contribution in [0.5, 0.6) is 0 Å². The zero-order valence-electron chi connectivity index (χ0n) is 28.5. The van der Waals surface area contributed by atoms with Crippen molar-refractivity contribution in [3.8, 4) is 0 Å². The lowest BCUT2D eigenvalue weighted by atomic mass is 9.96. The Labute approximate surface area is 291 Å². The molecule has 0 aliphatic carbocycles. The van der Waals surface area contributed by atoms with Crippen LogP contribution in [0, 0.1) is 0 Å². The monoisotopic (exact) mass is 682 g/mol. The first-order valence-corrected chi connectivity index (χ1v) is 17.5. The highest BCUT2D eigenvalue weighted by Gasteiger charge is 2.31. The van der Waals surface area contributed by atoms with Gasteiger partial charge in [-0.3, -0.25) is 19.9 Å². The van der Waals surface area contributed by atoms with Crippen molar-refractivity contribution < 1.29 is 9.53 Å². The number of esters is 1. The highest BCUT2D eigenvalue weighted by molar-refractivity contribution is 6.30. The second-order valence-corrected chi connectivity index (χ2v) is 13.8. The van der Waals surface area contributed by atoms with Crippen molar-refractivity contribution in [2.24, 2.45) is 5.73 Å². The number of carbonyl (C=O) groups is 1. The lowest BCUT2D eigenvalue weighted by molar-refractivity contribution is -0.146. The van der Waals surface area contributed by atoms with Gasteiger partial charge in [-0.15, -0.1) is 0 Å². The van der Waals surface area contributed by atoms with E-state index in [9.17, 15) is 4.79 Å². The predicted octanol–water partition coefficient (Wildman–Crippen LogP) is 6.41. The Morgan fingerprint density at radius 3 is 2.04 bits per heavy atom. The number of piperazine rings is 1. The van der Waals surface area contributed by atoms with Gasteiger partial charge in [0, 0.05) is 54.5 Å². The molecule has 0 bridgehead atoms. The predicted molar refractivity (Wildman–Crippen MR) is 195 cm³/mol. The van der Waals surface area contributed by atoms with Gasteiger partial charge in [-0.1, -0.05) is 72.6 Å². The summed E-state index contributed by atoms with van der Waals surface area (Å²) in [5.74, 6) is -0.213. The minimum atomic E-state index is -0.687. The molecule has 1 aliphatic rings. The Balaban J connectivity index is 1.43. The maximum absolute atomic E-state index is 12.9. The zero-order chi connectivity index (χ0) is 34.0. The average molecular weight is 684 g/mol.